The summed E-state index contributed by atoms with van der Waals surface area (Å²) < 4.78 is 0. The van der Waals surface area contributed by atoms with Crippen LogP contribution in [0.1, 0.15) is 0 Å². The molecule has 99 valence electrons. The van der Waals surface area contributed by atoms with E-state index in [9.17, 15) is 0 Å². The van der Waals surface area contributed by atoms with Crippen LogP contribution in [0.25, 0.3) is 21.8 Å². The number of benzene rings is 2. The van der Waals surface area contributed by atoms with Gasteiger partial charge in [-0.05, 0) is 10.8 Å². The van der Waals surface area contributed by atoms with E-state index in [2.05, 4.69) is 20.4 Å². The summed E-state index contributed by atoms with van der Waals surface area (Å²) in [7, 11) is 0. The first-order valence-electron chi connectivity index (χ1n) is 5.60. The standard InChI is InChI=1S/2C7H5N2.Au/c2*1-2-4-7-6(3-1)5-8-9-7;/h2*1-5H;/q2*-1;. The van der Waals surface area contributed by atoms with E-state index >= 15 is 0 Å². The van der Waals surface area contributed by atoms with Crippen molar-refractivity contribution >= 4 is 21.8 Å². The van der Waals surface area contributed by atoms with Crippen LogP contribution in [0.15, 0.2) is 60.9 Å². The van der Waals surface area contributed by atoms with Gasteiger partial charge in [-0.25, -0.2) is 0 Å². The fourth-order valence-electron chi connectivity index (χ4n) is 1.68. The van der Waals surface area contributed by atoms with Gasteiger partial charge in [-0.3, -0.25) is 0 Å². The average molecular weight is 431 g/mol. The molecule has 1 radical (unpaired) electrons. The fourth-order valence-corrected chi connectivity index (χ4v) is 1.68. The topological polar surface area (TPSA) is 54.0 Å². The molecule has 2 aromatic carbocycles. The van der Waals surface area contributed by atoms with Gasteiger partial charge in [0.25, 0.3) is 0 Å². The monoisotopic (exact) mass is 431 g/mol. The van der Waals surface area contributed by atoms with Gasteiger partial charge in [-0.15, -0.1) is 11.0 Å². The van der Waals surface area contributed by atoms with Crippen molar-refractivity contribution in [2.24, 2.45) is 0 Å². The minimum Gasteiger partial charge on any atom is -0.575 e. The van der Waals surface area contributed by atoms with Gasteiger partial charge in [-0.2, -0.15) is 0 Å². The number of aromatic nitrogens is 4. The van der Waals surface area contributed by atoms with Crippen LogP contribution >= 0.6 is 0 Å². The third kappa shape index (κ3) is 3.12. The summed E-state index contributed by atoms with van der Waals surface area (Å²) in [5.74, 6) is 0. The molecule has 2 aromatic heterocycles. The van der Waals surface area contributed by atoms with Crippen molar-refractivity contribution in [1.29, 1.82) is 0 Å². The zero-order chi connectivity index (χ0) is 12.2. The molecule has 0 aliphatic carbocycles. The summed E-state index contributed by atoms with van der Waals surface area (Å²) in [4.78, 5) is 0. The molecule has 0 atom stereocenters. The summed E-state index contributed by atoms with van der Waals surface area (Å²) in [5.41, 5.74) is 1.94. The molecule has 0 aliphatic heterocycles. The van der Waals surface area contributed by atoms with E-state index in [1.54, 1.807) is 12.4 Å². The number of nitrogens with zero attached hydrogens (tertiary/aromatic N) is 4. The van der Waals surface area contributed by atoms with E-state index in [0.717, 1.165) is 21.8 Å². The Labute approximate surface area is 125 Å². The molecule has 0 spiro atoms. The molecule has 0 aliphatic rings. The van der Waals surface area contributed by atoms with E-state index in [0.29, 0.717) is 0 Å². The molecular weight excluding hydrogens is 421 g/mol. The van der Waals surface area contributed by atoms with Gasteiger partial charge in [0.1, 0.15) is 0 Å². The minimum absolute atomic E-state index is 0. The average Bonchev–Trinajstić information content (AvgIpc) is 3.08. The van der Waals surface area contributed by atoms with E-state index in [4.69, 9.17) is 0 Å². The van der Waals surface area contributed by atoms with Gasteiger partial charge in [0.2, 0.25) is 0 Å². The van der Waals surface area contributed by atoms with Crippen molar-refractivity contribution in [1.82, 2.24) is 20.4 Å². The Hall–Kier alpha value is -1.88. The second-order valence-corrected chi connectivity index (χ2v) is 3.81. The normalized spacial score (nSPS) is 9.68. The van der Waals surface area contributed by atoms with Crippen molar-refractivity contribution in [3.63, 3.8) is 0 Å². The SMILES string of the molecule is [Au].c1ccc2[n-]ncc2c1.c1ccc2[n-]ncc2c1. The molecule has 19 heavy (non-hydrogen) atoms. The van der Waals surface area contributed by atoms with Gasteiger partial charge in [0, 0.05) is 34.8 Å². The Kier molecular flexibility index (Phi) is 4.52. The first kappa shape index (κ1) is 13.5. The van der Waals surface area contributed by atoms with Crippen LogP contribution in [-0.4, -0.2) is 10.2 Å². The quantitative estimate of drug-likeness (QED) is 0.402. The zero-order valence-electron chi connectivity index (χ0n) is 9.86. The Morgan fingerprint density at radius 2 is 1.05 bits per heavy atom. The molecular formula is C14H10AuN4-2. The Bertz CT molecular complexity index is 633. The summed E-state index contributed by atoms with van der Waals surface area (Å²) in [6, 6.07) is 15.8. The van der Waals surface area contributed by atoms with Gasteiger partial charge in [0.15, 0.2) is 0 Å². The van der Waals surface area contributed by atoms with E-state index in [-0.39, 0.29) is 22.4 Å². The Balaban J connectivity index is 0.000000133. The molecule has 2 heterocycles. The molecule has 0 saturated heterocycles. The number of fused-ring (bicyclic) bond motifs is 2. The molecule has 0 N–H and O–H groups in total. The summed E-state index contributed by atoms with van der Waals surface area (Å²) in [6.07, 6.45) is 3.52. The van der Waals surface area contributed by atoms with Crippen LogP contribution in [0, 0.1) is 0 Å². The molecule has 0 unspecified atom stereocenters. The van der Waals surface area contributed by atoms with Gasteiger partial charge < -0.3 is 20.4 Å². The molecule has 5 heteroatoms. The molecule has 4 nitrogen and oxygen atoms in total. The maximum absolute atomic E-state index is 3.87. The third-order valence-electron chi connectivity index (χ3n) is 2.60. The maximum atomic E-state index is 3.87. The summed E-state index contributed by atoms with van der Waals surface area (Å²) in [6.45, 7) is 0. The van der Waals surface area contributed by atoms with Crippen molar-refractivity contribution in [2.45, 2.75) is 0 Å². The van der Waals surface area contributed by atoms with Crippen molar-refractivity contribution in [3.8, 4) is 0 Å². The molecule has 0 amide bonds. The van der Waals surface area contributed by atoms with Crippen molar-refractivity contribution < 1.29 is 22.4 Å². The van der Waals surface area contributed by atoms with Crippen LogP contribution in [-0.2, 0) is 22.4 Å². The largest absolute Gasteiger partial charge is 0.575 e. The van der Waals surface area contributed by atoms with E-state index in [1.165, 1.54) is 0 Å². The Morgan fingerprint density at radius 3 is 1.47 bits per heavy atom. The van der Waals surface area contributed by atoms with Crippen LogP contribution in [0.2, 0.25) is 0 Å². The minimum atomic E-state index is 0. The predicted octanol–water partition coefficient (Wildman–Crippen LogP) is 2.38. The van der Waals surface area contributed by atoms with Crippen LogP contribution < -0.4 is 10.2 Å². The zero-order valence-corrected chi connectivity index (χ0v) is 12.0. The van der Waals surface area contributed by atoms with E-state index < -0.39 is 0 Å². The molecule has 4 rings (SSSR count). The van der Waals surface area contributed by atoms with Gasteiger partial charge in [-0.1, -0.05) is 48.5 Å². The summed E-state index contributed by atoms with van der Waals surface area (Å²) >= 11 is 0. The second-order valence-electron chi connectivity index (χ2n) is 3.81. The van der Waals surface area contributed by atoms with Crippen LogP contribution in [0.5, 0.6) is 0 Å². The predicted molar refractivity (Wildman–Crippen MR) is 70.1 cm³/mol. The van der Waals surface area contributed by atoms with Gasteiger partial charge >= 0.3 is 0 Å². The van der Waals surface area contributed by atoms with Gasteiger partial charge in [0.05, 0.1) is 0 Å². The third-order valence-corrected chi connectivity index (χ3v) is 2.60. The van der Waals surface area contributed by atoms with Crippen molar-refractivity contribution in [3.05, 3.63) is 60.9 Å². The van der Waals surface area contributed by atoms with E-state index in [1.807, 2.05) is 48.5 Å². The van der Waals surface area contributed by atoms with Crippen LogP contribution in [0.3, 0.4) is 0 Å². The summed E-state index contributed by atoms with van der Waals surface area (Å²) in [5, 5.41) is 17.5. The fraction of sp³-hybridized carbons (Fsp3) is 0. The smallest absolute Gasteiger partial charge is 0.00986 e. The van der Waals surface area contributed by atoms with Crippen molar-refractivity contribution in [2.75, 3.05) is 0 Å². The molecule has 0 fully saturated rings. The first-order chi connectivity index (χ1) is 8.93. The second kappa shape index (κ2) is 6.33. The number of hydrogen-bond acceptors (Lipinski definition) is 2. The first-order valence-corrected chi connectivity index (χ1v) is 5.60. The number of rotatable bonds is 0. The number of hydrogen-bond donors (Lipinski definition) is 0. The Morgan fingerprint density at radius 1 is 0.632 bits per heavy atom. The van der Waals surface area contributed by atoms with Crippen LogP contribution in [0.4, 0.5) is 0 Å². The molecule has 0 bridgehead atoms. The molecule has 0 saturated carbocycles. The maximum Gasteiger partial charge on any atom is 0.00986 e. The molecule has 4 aromatic rings.